The second-order valence-corrected chi connectivity index (χ2v) is 9.16. The van der Waals surface area contributed by atoms with Crippen molar-refractivity contribution in [3.05, 3.63) is 53.3 Å². The minimum Gasteiger partial charge on any atom is -0.378 e. The molecule has 4 rings (SSSR count). The van der Waals surface area contributed by atoms with Gasteiger partial charge in [0.1, 0.15) is 0 Å². The first-order valence-electron chi connectivity index (χ1n) is 11.8. The van der Waals surface area contributed by atoms with Crippen LogP contribution in [0.1, 0.15) is 53.7 Å². The Morgan fingerprint density at radius 1 is 1.13 bits per heavy atom. The number of ether oxygens (including phenoxy) is 1. The summed E-state index contributed by atoms with van der Waals surface area (Å²) in [6, 6.07) is 10.8. The largest absolute Gasteiger partial charge is 0.378 e. The van der Waals surface area contributed by atoms with Crippen LogP contribution in [0.3, 0.4) is 0 Å². The summed E-state index contributed by atoms with van der Waals surface area (Å²) < 4.78 is 7.19. The van der Waals surface area contributed by atoms with Crippen molar-refractivity contribution in [3.63, 3.8) is 0 Å². The maximum atomic E-state index is 13.0. The zero-order valence-corrected chi connectivity index (χ0v) is 19.0. The molecule has 0 unspecified atom stereocenters. The molecule has 0 N–H and O–H groups in total. The lowest BCUT2D eigenvalue weighted by molar-refractivity contribution is 0.0302. The molecule has 6 nitrogen and oxygen atoms in total. The van der Waals surface area contributed by atoms with Crippen LogP contribution in [0.2, 0.25) is 0 Å². The summed E-state index contributed by atoms with van der Waals surface area (Å²) in [5.74, 6) is 1.31. The summed E-state index contributed by atoms with van der Waals surface area (Å²) in [4.78, 5) is 17.5. The van der Waals surface area contributed by atoms with Gasteiger partial charge in [0, 0.05) is 26.3 Å². The molecule has 168 valence electrons. The molecule has 0 aliphatic carbocycles. The minimum atomic E-state index is 0.110. The maximum absolute atomic E-state index is 13.0. The summed E-state index contributed by atoms with van der Waals surface area (Å²) in [5.41, 5.74) is 3.18. The van der Waals surface area contributed by atoms with Crippen molar-refractivity contribution < 1.29 is 9.53 Å². The Balaban J connectivity index is 1.27. The third-order valence-electron chi connectivity index (χ3n) is 6.87. The van der Waals surface area contributed by atoms with Gasteiger partial charge in [-0.05, 0) is 62.7 Å². The second-order valence-electron chi connectivity index (χ2n) is 9.16. The van der Waals surface area contributed by atoms with E-state index in [0.717, 1.165) is 37.3 Å². The van der Waals surface area contributed by atoms with E-state index in [9.17, 15) is 4.79 Å². The molecular weight excluding hydrogens is 388 g/mol. The predicted molar refractivity (Wildman–Crippen MR) is 122 cm³/mol. The molecule has 6 heteroatoms. The number of nitrogens with zero attached hydrogens (tertiary/aromatic N) is 4. The van der Waals surface area contributed by atoms with Gasteiger partial charge in [0.2, 0.25) is 0 Å². The van der Waals surface area contributed by atoms with Crippen LogP contribution < -0.4 is 0 Å². The molecule has 2 aliphatic heterocycles. The van der Waals surface area contributed by atoms with E-state index in [2.05, 4.69) is 47.3 Å². The first-order chi connectivity index (χ1) is 15.1. The summed E-state index contributed by atoms with van der Waals surface area (Å²) in [7, 11) is 1.91. The smallest absolute Gasteiger partial charge is 0.257 e. The Labute approximate surface area is 186 Å². The van der Waals surface area contributed by atoms with E-state index in [4.69, 9.17) is 4.74 Å². The second kappa shape index (κ2) is 10.4. The Morgan fingerprint density at radius 2 is 1.84 bits per heavy atom. The van der Waals surface area contributed by atoms with E-state index in [1.807, 2.05) is 18.1 Å². The fourth-order valence-electron chi connectivity index (χ4n) is 4.81. The molecule has 1 amide bonds. The third kappa shape index (κ3) is 5.74. The fraction of sp³-hybridized carbons (Fsp3) is 0.600. The van der Waals surface area contributed by atoms with Crippen molar-refractivity contribution in [2.24, 2.45) is 13.0 Å². The molecular formula is C25H36N4O2. The van der Waals surface area contributed by atoms with Crippen molar-refractivity contribution in [3.8, 4) is 0 Å². The zero-order chi connectivity index (χ0) is 21.6. The lowest BCUT2D eigenvalue weighted by Crippen LogP contribution is -2.41. The Kier molecular flexibility index (Phi) is 7.41. The van der Waals surface area contributed by atoms with E-state index in [0.29, 0.717) is 38.1 Å². The highest BCUT2D eigenvalue weighted by Crippen LogP contribution is 2.25. The van der Waals surface area contributed by atoms with Gasteiger partial charge in [-0.25, -0.2) is 0 Å². The van der Waals surface area contributed by atoms with E-state index in [1.54, 1.807) is 4.68 Å². The fourth-order valence-corrected chi connectivity index (χ4v) is 4.81. The Hall–Kier alpha value is -2.18. The number of likely N-dealkylation sites (tertiary alicyclic amines) is 1. The molecule has 1 aromatic heterocycles. The number of hydrogen-bond donors (Lipinski definition) is 0. The van der Waals surface area contributed by atoms with Crippen LogP contribution in [-0.4, -0.2) is 71.4 Å². The van der Waals surface area contributed by atoms with Crippen LogP contribution in [-0.2, 0) is 18.2 Å². The quantitative estimate of drug-likeness (QED) is 0.684. The van der Waals surface area contributed by atoms with Crippen molar-refractivity contribution in [2.75, 3.05) is 45.9 Å². The Bertz CT molecular complexity index is 836. The van der Waals surface area contributed by atoms with E-state index in [1.165, 1.54) is 24.8 Å². The monoisotopic (exact) mass is 424 g/mol. The van der Waals surface area contributed by atoms with Crippen LogP contribution in [0, 0.1) is 5.92 Å². The number of hydrogen-bond acceptors (Lipinski definition) is 4. The molecule has 0 radical (unpaired) electrons. The van der Waals surface area contributed by atoms with Crippen LogP contribution in [0.25, 0.3) is 0 Å². The van der Waals surface area contributed by atoms with Crippen molar-refractivity contribution in [1.29, 1.82) is 0 Å². The molecule has 3 heterocycles. The Morgan fingerprint density at radius 3 is 2.55 bits per heavy atom. The zero-order valence-electron chi connectivity index (χ0n) is 19.0. The van der Waals surface area contributed by atoms with E-state index in [-0.39, 0.29) is 5.91 Å². The van der Waals surface area contributed by atoms with Crippen LogP contribution in [0.5, 0.6) is 0 Å². The summed E-state index contributed by atoms with van der Waals surface area (Å²) >= 11 is 0. The molecule has 0 spiro atoms. The summed E-state index contributed by atoms with van der Waals surface area (Å²) in [6.45, 7) is 8.38. The van der Waals surface area contributed by atoms with Gasteiger partial charge in [-0.1, -0.05) is 37.3 Å². The van der Waals surface area contributed by atoms with Crippen LogP contribution >= 0.6 is 0 Å². The van der Waals surface area contributed by atoms with Crippen molar-refractivity contribution in [2.45, 2.75) is 38.5 Å². The molecule has 2 aromatic rings. The minimum absolute atomic E-state index is 0.110. The average molecular weight is 425 g/mol. The third-order valence-corrected chi connectivity index (χ3v) is 6.87. The number of morpholine rings is 1. The highest BCUT2D eigenvalue weighted by Gasteiger charge is 2.26. The van der Waals surface area contributed by atoms with Gasteiger partial charge < -0.3 is 14.5 Å². The van der Waals surface area contributed by atoms with Gasteiger partial charge in [0.05, 0.1) is 24.5 Å². The van der Waals surface area contributed by atoms with Gasteiger partial charge in [-0.3, -0.25) is 9.48 Å². The molecule has 1 aromatic carbocycles. The topological polar surface area (TPSA) is 50.6 Å². The van der Waals surface area contributed by atoms with Gasteiger partial charge in [0.15, 0.2) is 0 Å². The first kappa shape index (κ1) is 22.0. The lowest BCUT2D eigenvalue weighted by atomic mass is 9.90. The van der Waals surface area contributed by atoms with E-state index >= 15 is 0 Å². The van der Waals surface area contributed by atoms with Crippen LogP contribution in [0.4, 0.5) is 0 Å². The SMILES string of the molecule is C[C@@H](CCN1CCC(Cc2nn(C)cc2C(=O)N2CCOCC2)CC1)c1ccccc1. The number of amides is 1. The van der Waals surface area contributed by atoms with Crippen molar-refractivity contribution >= 4 is 5.91 Å². The molecule has 2 saturated heterocycles. The number of benzene rings is 1. The number of piperidine rings is 1. The first-order valence-corrected chi connectivity index (χ1v) is 11.8. The molecule has 0 saturated carbocycles. The molecule has 2 aliphatic rings. The van der Waals surface area contributed by atoms with Gasteiger partial charge in [-0.15, -0.1) is 0 Å². The normalized spacial score (nSPS) is 19.5. The van der Waals surface area contributed by atoms with Gasteiger partial charge >= 0.3 is 0 Å². The molecule has 0 bridgehead atoms. The maximum Gasteiger partial charge on any atom is 0.257 e. The average Bonchev–Trinajstić information content (AvgIpc) is 3.19. The number of aryl methyl sites for hydroxylation is 1. The number of rotatable bonds is 7. The lowest BCUT2D eigenvalue weighted by Gasteiger charge is -2.32. The van der Waals surface area contributed by atoms with Gasteiger partial charge in [-0.2, -0.15) is 5.10 Å². The molecule has 1 atom stereocenters. The molecule has 2 fully saturated rings. The summed E-state index contributed by atoms with van der Waals surface area (Å²) in [5, 5.41) is 4.66. The molecule has 31 heavy (non-hydrogen) atoms. The predicted octanol–water partition coefficient (Wildman–Crippen LogP) is 3.34. The van der Waals surface area contributed by atoms with E-state index < -0.39 is 0 Å². The van der Waals surface area contributed by atoms with Crippen LogP contribution in [0.15, 0.2) is 36.5 Å². The standard InChI is InChI=1S/C25H36N4O2/c1-20(22-6-4-3-5-7-22)8-11-28-12-9-21(10-13-28)18-24-23(19-27(2)26-24)25(30)29-14-16-31-17-15-29/h3-7,19-21H,8-18H2,1-2H3/t20-/m0/s1. The highest BCUT2D eigenvalue weighted by atomic mass is 16.5. The summed E-state index contributed by atoms with van der Waals surface area (Å²) in [6.07, 6.45) is 6.36. The van der Waals surface area contributed by atoms with Gasteiger partial charge in [0.25, 0.3) is 5.91 Å². The van der Waals surface area contributed by atoms with Crippen molar-refractivity contribution in [1.82, 2.24) is 19.6 Å². The highest BCUT2D eigenvalue weighted by molar-refractivity contribution is 5.95. The number of carbonyl (C=O) groups excluding carboxylic acids is 1. The number of carbonyl (C=O) groups is 1. The number of aromatic nitrogens is 2.